The normalized spacial score (nSPS) is 18.9. The number of ether oxygens (including phenoxy) is 1. The highest BCUT2D eigenvalue weighted by molar-refractivity contribution is 5.45. The lowest BCUT2D eigenvalue weighted by Gasteiger charge is -2.26. The Labute approximate surface area is 117 Å². The van der Waals surface area contributed by atoms with Crippen molar-refractivity contribution in [1.29, 1.82) is 0 Å². The molecule has 1 fully saturated rings. The van der Waals surface area contributed by atoms with Gasteiger partial charge in [-0.3, -0.25) is 0 Å². The van der Waals surface area contributed by atoms with Gasteiger partial charge in [0.2, 0.25) is 0 Å². The SMILES string of the molecule is COc1cc(C)cc(C)c1C(N)C1CCCCCC1. The molecule has 0 heterocycles. The number of aryl methyl sites for hydroxylation is 2. The molecule has 106 valence electrons. The van der Waals surface area contributed by atoms with E-state index in [9.17, 15) is 0 Å². The fraction of sp³-hybridized carbons (Fsp3) is 0.647. The highest BCUT2D eigenvalue weighted by Gasteiger charge is 2.24. The van der Waals surface area contributed by atoms with E-state index in [2.05, 4.69) is 26.0 Å². The zero-order valence-electron chi connectivity index (χ0n) is 12.5. The largest absolute Gasteiger partial charge is 0.496 e. The van der Waals surface area contributed by atoms with Crippen LogP contribution in [0.5, 0.6) is 5.75 Å². The third-order valence-corrected chi connectivity index (χ3v) is 4.45. The van der Waals surface area contributed by atoms with Crippen LogP contribution in [0.3, 0.4) is 0 Å². The molecule has 1 unspecified atom stereocenters. The lowest BCUT2D eigenvalue weighted by molar-refractivity contribution is 0.357. The number of hydrogen-bond donors (Lipinski definition) is 1. The standard InChI is InChI=1S/C17H27NO/c1-12-10-13(2)16(15(11-12)19-3)17(18)14-8-6-4-5-7-9-14/h10-11,14,17H,4-9,18H2,1-3H3. The molecule has 1 atom stereocenters. The minimum Gasteiger partial charge on any atom is -0.496 e. The molecule has 0 bridgehead atoms. The smallest absolute Gasteiger partial charge is 0.124 e. The van der Waals surface area contributed by atoms with Crippen molar-refractivity contribution in [2.45, 2.75) is 58.4 Å². The summed E-state index contributed by atoms with van der Waals surface area (Å²) < 4.78 is 5.57. The maximum Gasteiger partial charge on any atom is 0.124 e. The van der Waals surface area contributed by atoms with Gasteiger partial charge in [-0.15, -0.1) is 0 Å². The molecule has 0 saturated heterocycles. The quantitative estimate of drug-likeness (QED) is 0.824. The van der Waals surface area contributed by atoms with E-state index in [4.69, 9.17) is 10.5 Å². The van der Waals surface area contributed by atoms with Gasteiger partial charge in [-0.1, -0.05) is 31.7 Å². The summed E-state index contributed by atoms with van der Waals surface area (Å²) in [6.45, 7) is 4.26. The predicted molar refractivity (Wildman–Crippen MR) is 80.6 cm³/mol. The van der Waals surface area contributed by atoms with E-state index in [1.165, 1.54) is 55.2 Å². The summed E-state index contributed by atoms with van der Waals surface area (Å²) in [5.41, 5.74) is 10.3. The van der Waals surface area contributed by atoms with Crippen molar-refractivity contribution in [3.63, 3.8) is 0 Å². The first kappa shape index (κ1) is 14.4. The Balaban J connectivity index is 2.28. The second kappa shape index (κ2) is 6.42. The molecule has 1 aromatic rings. The number of hydrogen-bond acceptors (Lipinski definition) is 2. The predicted octanol–water partition coefficient (Wildman–Crippen LogP) is 4.28. The van der Waals surface area contributed by atoms with Gasteiger partial charge in [0.05, 0.1) is 7.11 Å². The highest BCUT2D eigenvalue weighted by atomic mass is 16.5. The van der Waals surface area contributed by atoms with Crippen LogP contribution in [0, 0.1) is 19.8 Å². The monoisotopic (exact) mass is 261 g/mol. The third-order valence-electron chi connectivity index (χ3n) is 4.45. The van der Waals surface area contributed by atoms with E-state index in [1.54, 1.807) is 7.11 Å². The molecule has 2 N–H and O–H groups in total. The van der Waals surface area contributed by atoms with Gasteiger partial charge in [0.25, 0.3) is 0 Å². The summed E-state index contributed by atoms with van der Waals surface area (Å²) >= 11 is 0. The van der Waals surface area contributed by atoms with E-state index in [0.717, 1.165) is 5.75 Å². The van der Waals surface area contributed by atoms with Crippen LogP contribution >= 0.6 is 0 Å². The van der Waals surface area contributed by atoms with Gasteiger partial charge < -0.3 is 10.5 Å². The Bertz CT molecular complexity index is 420. The summed E-state index contributed by atoms with van der Waals surface area (Å²) in [6, 6.07) is 4.45. The topological polar surface area (TPSA) is 35.2 Å². The maximum atomic E-state index is 6.59. The third kappa shape index (κ3) is 3.30. The Morgan fingerprint density at radius 2 is 1.74 bits per heavy atom. The molecule has 0 amide bonds. The minimum atomic E-state index is 0.119. The molecule has 2 heteroatoms. The van der Waals surface area contributed by atoms with Crippen molar-refractivity contribution in [2.24, 2.45) is 11.7 Å². The van der Waals surface area contributed by atoms with Crippen LogP contribution in [0.15, 0.2) is 12.1 Å². The lowest BCUT2D eigenvalue weighted by Crippen LogP contribution is -2.22. The van der Waals surface area contributed by atoms with Crippen molar-refractivity contribution in [3.8, 4) is 5.75 Å². The molecule has 0 aliphatic heterocycles. The molecule has 2 rings (SSSR count). The highest BCUT2D eigenvalue weighted by Crippen LogP contribution is 2.37. The first-order valence-corrected chi connectivity index (χ1v) is 7.54. The Hall–Kier alpha value is -1.02. The van der Waals surface area contributed by atoms with Gasteiger partial charge >= 0.3 is 0 Å². The molecule has 2 nitrogen and oxygen atoms in total. The fourth-order valence-corrected chi connectivity index (χ4v) is 3.44. The molecule has 0 radical (unpaired) electrons. The summed E-state index contributed by atoms with van der Waals surface area (Å²) in [6.07, 6.45) is 7.91. The van der Waals surface area contributed by atoms with E-state index in [-0.39, 0.29) is 6.04 Å². The fourth-order valence-electron chi connectivity index (χ4n) is 3.44. The van der Waals surface area contributed by atoms with Crippen LogP contribution in [0.25, 0.3) is 0 Å². The molecule has 1 aliphatic carbocycles. The van der Waals surface area contributed by atoms with Crippen molar-refractivity contribution >= 4 is 0 Å². The number of rotatable bonds is 3. The van der Waals surface area contributed by atoms with Crippen molar-refractivity contribution in [3.05, 3.63) is 28.8 Å². The summed E-state index contributed by atoms with van der Waals surface area (Å²) in [5.74, 6) is 1.58. The van der Waals surface area contributed by atoms with E-state index in [1.807, 2.05) is 0 Å². The summed E-state index contributed by atoms with van der Waals surface area (Å²) in [4.78, 5) is 0. The molecule has 1 aromatic carbocycles. The van der Waals surface area contributed by atoms with E-state index in [0.29, 0.717) is 5.92 Å². The molecular formula is C17H27NO. The van der Waals surface area contributed by atoms with Gasteiger partial charge in [-0.25, -0.2) is 0 Å². The second-order valence-electron chi connectivity index (χ2n) is 5.98. The first-order valence-electron chi connectivity index (χ1n) is 7.54. The van der Waals surface area contributed by atoms with Gasteiger partial charge in [0.15, 0.2) is 0 Å². The van der Waals surface area contributed by atoms with E-state index < -0.39 is 0 Å². The second-order valence-corrected chi connectivity index (χ2v) is 5.98. The van der Waals surface area contributed by atoms with Crippen molar-refractivity contribution < 1.29 is 4.74 Å². The van der Waals surface area contributed by atoms with E-state index >= 15 is 0 Å². The molecule has 1 aliphatic rings. The van der Waals surface area contributed by atoms with Crippen LogP contribution in [0.1, 0.15) is 61.3 Å². The van der Waals surface area contributed by atoms with Crippen molar-refractivity contribution in [2.75, 3.05) is 7.11 Å². The average molecular weight is 261 g/mol. The van der Waals surface area contributed by atoms with Crippen LogP contribution < -0.4 is 10.5 Å². The molecular weight excluding hydrogens is 234 g/mol. The average Bonchev–Trinajstić information content (AvgIpc) is 2.65. The molecule has 0 spiro atoms. The number of methoxy groups -OCH3 is 1. The minimum absolute atomic E-state index is 0.119. The van der Waals surface area contributed by atoms with Crippen LogP contribution in [-0.2, 0) is 0 Å². The van der Waals surface area contributed by atoms with Gasteiger partial charge in [0.1, 0.15) is 5.75 Å². The van der Waals surface area contributed by atoms with Crippen molar-refractivity contribution in [1.82, 2.24) is 0 Å². The number of nitrogens with two attached hydrogens (primary N) is 1. The first-order chi connectivity index (χ1) is 9.13. The molecule has 0 aromatic heterocycles. The van der Waals surface area contributed by atoms with Gasteiger partial charge in [-0.2, -0.15) is 0 Å². The Morgan fingerprint density at radius 1 is 1.11 bits per heavy atom. The summed E-state index contributed by atoms with van der Waals surface area (Å²) in [5, 5.41) is 0. The van der Waals surface area contributed by atoms with Crippen LogP contribution in [-0.4, -0.2) is 7.11 Å². The number of benzene rings is 1. The van der Waals surface area contributed by atoms with Gasteiger partial charge in [0, 0.05) is 11.6 Å². The zero-order chi connectivity index (χ0) is 13.8. The summed E-state index contributed by atoms with van der Waals surface area (Å²) in [7, 11) is 1.75. The van der Waals surface area contributed by atoms with Crippen LogP contribution in [0.2, 0.25) is 0 Å². The van der Waals surface area contributed by atoms with Crippen LogP contribution in [0.4, 0.5) is 0 Å². The van der Waals surface area contributed by atoms with Gasteiger partial charge in [-0.05, 0) is 49.8 Å². The molecule has 1 saturated carbocycles. The zero-order valence-corrected chi connectivity index (χ0v) is 12.5. The Morgan fingerprint density at radius 3 is 2.32 bits per heavy atom. The maximum absolute atomic E-state index is 6.59. The lowest BCUT2D eigenvalue weighted by atomic mass is 9.85. The Kier molecular flexibility index (Phi) is 4.87. The molecule has 19 heavy (non-hydrogen) atoms.